The van der Waals surface area contributed by atoms with Crippen molar-refractivity contribution in [2.24, 2.45) is 0 Å². The van der Waals surface area contributed by atoms with Gasteiger partial charge in [0.2, 0.25) is 0 Å². The van der Waals surface area contributed by atoms with Crippen LogP contribution in [0.25, 0.3) is 94.3 Å². The van der Waals surface area contributed by atoms with Gasteiger partial charge in [-0.3, -0.25) is 0 Å². The first-order valence-corrected chi connectivity index (χ1v) is 19.8. The van der Waals surface area contributed by atoms with E-state index >= 15 is 4.39 Å². The largest absolute Gasteiger partial charge is 0.306 e. The van der Waals surface area contributed by atoms with E-state index in [2.05, 4.69) is 0 Å². The van der Waals surface area contributed by atoms with Gasteiger partial charge in [-0.1, -0.05) is 24.3 Å². The van der Waals surface area contributed by atoms with Gasteiger partial charge in [0.25, 0.3) is 0 Å². The summed E-state index contributed by atoms with van der Waals surface area (Å²) in [6, 6.07) is 39.3. The number of hydrogen-bond donors (Lipinski definition) is 0. The molecule has 0 saturated carbocycles. The third-order valence-corrected chi connectivity index (χ3v) is 11.2. The summed E-state index contributed by atoms with van der Waals surface area (Å²) in [4.78, 5) is 0. The molecule has 1 nitrogen and oxygen atoms in total. The molecule has 0 N–H and O–H groups in total. The van der Waals surface area contributed by atoms with Crippen molar-refractivity contribution < 1.29 is 39.5 Å². The quantitative estimate of drug-likeness (QED) is 0.141. The first kappa shape index (κ1) is 40.2. The molecule has 1 heterocycles. The topological polar surface area (TPSA) is 4.93 Å². The summed E-state index contributed by atoms with van der Waals surface area (Å²) >= 11 is 0. The Kier molecular flexibility index (Phi) is 9.94. The Morgan fingerprint density at radius 2 is 0.500 bits per heavy atom. The van der Waals surface area contributed by atoms with Crippen molar-refractivity contribution in [3.8, 4) is 72.4 Å². The van der Waals surface area contributed by atoms with Gasteiger partial charge in [0.1, 0.15) is 52.4 Å². The maximum atomic E-state index is 15.7. The number of halogens is 9. The zero-order valence-electron chi connectivity index (χ0n) is 33.0. The fourth-order valence-corrected chi connectivity index (χ4v) is 8.41. The van der Waals surface area contributed by atoms with Gasteiger partial charge in [0.15, 0.2) is 0 Å². The van der Waals surface area contributed by atoms with Crippen LogP contribution in [0.5, 0.6) is 0 Å². The van der Waals surface area contributed by atoms with Crippen molar-refractivity contribution in [1.82, 2.24) is 4.57 Å². The van der Waals surface area contributed by atoms with E-state index in [4.69, 9.17) is 0 Å². The molecule has 0 amide bonds. The van der Waals surface area contributed by atoms with Gasteiger partial charge in [0, 0.05) is 35.0 Å². The van der Waals surface area contributed by atoms with E-state index in [1.807, 2.05) is 12.1 Å². The molecule has 0 saturated heterocycles. The van der Waals surface area contributed by atoms with Crippen LogP contribution in [-0.2, 0) is 0 Å². The Hall–Kier alpha value is -7.85. The fraction of sp³-hybridized carbons (Fsp3) is 0. The summed E-state index contributed by atoms with van der Waals surface area (Å²) in [5.74, 6) is -7.05. The zero-order chi connectivity index (χ0) is 44.4. The molecular formula is C54H28F9N. The highest BCUT2D eigenvalue weighted by atomic mass is 19.2. The average molecular weight is 862 g/mol. The maximum Gasteiger partial charge on any atom is 0.147 e. The van der Waals surface area contributed by atoms with E-state index in [0.29, 0.717) is 66.3 Å². The van der Waals surface area contributed by atoms with Crippen molar-refractivity contribution in [2.75, 3.05) is 0 Å². The molecular weight excluding hydrogens is 834 g/mol. The van der Waals surface area contributed by atoms with Crippen molar-refractivity contribution in [3.63, 3.8) is 0 Å². The molecule has 10 rings (SSSR count). The monoisotopic (exact) mass is 861 g/mol. The molecule has 0 aliphatic carbocycles. The smallest absolute Gasteiger partial charge is 0.147 e. The first-order valence-electron chi connectivity index (χ1n) is 19.8. The van der Waals surface area contributed by atoms with Crippen molar-refractivity contribution in [2.45, 2.75) is 0 Å². The summed E-state index contributed by atoms with van der Waals surface area (Å²) in [6.07, 6.45) is 0. The lowest BCUT2D eigenvalue weighted by molar-refractivity contribution is 0.583. The average Bonchev–Trinajstić information content (AvgIpc) is 3.57. The highest BCUT2D eigenvalue weighted by Crippen LogP contribution is 2.41. The van der Waals surface area contributed by atoms with Crippen molar-refractivity contribution >= 4 is 21.8 Å². The van der Waals surface area contributed by atoms with Gasteiger partial charge in [-0.25, -0.2) is 39.5 Å². The first-order chi connectivity index (χ1) is 30.8. The molecule has 0 aliphatic heterocycles. The van der Waals surface area contributed by atoms with Crippen molar-refractivity contribution in [3.05, 3.63) is 222 Å². The number of nitrogens with zero attached hydrogens (tertiary/aromatic N) is 1. The van der Waals surface area contributed by atoms with E-state index in [1.54, 1.807) is 83.4 Å². The second-order valence-electron chi connectivity index (χ2n) is 15.5. The molecule has 10 heteroatoms. The van der Waals surface area contributed by atoms with E-state index in [9.17, 15) is 35.1 Å². The molecule has 0 radical (unpaired) electrons. The fourth-order valence-electron chi connectivity index (χ4n) is 8.41. The molecule has 0 unspecified atom stereocenters. The van der Waals surface area contributed by atoms with Gasteiger partial charge >= 0.3 is 0 Å². The minimum absolute atomic E-state index is 0.183. The predicted molar refractivity (Wildman–Crippen MR) is 233 cm³/mol. The van der Waals surface area contributed by atoms with Gasteiger partial charge < -0.3 is 4.57 Å². The van der Waals surface area contributed by atoms with E-state index in [1.165, 1.54) is 6.07 Å². The Bertz CT molecular complexity index is 3090. The van der Waals surface area contributed by atoms with Gasteiger partial charge in [-0.05, 0) is 188 Å². The summed E-state index contributed by atoms with van der Waals surface area (Å²) in [5, 5.41) is 1.27. The molecule has 10 aromatic rings. The van der Waals surface area contributed by atoms with Crippen LogP contribution in [-0.4, -0.2) is 4.57 Å². The maximum absolute atomic E-state index is 15.7. The normalized spacial score (nSPS) is 11.5. The number of para-hydroxylation sites is 1. The Morgan fingerprint density at radius 3 is 0.797 bits per heavy atom. The molecule has 1 aromatic heterocycles. The van der Waals surface area contributed by atoms with E-state index in [-0.39, 0.29) is 27.9 Å². The lowest BCUT2D eigenvalue weighted by atomic mass is 9.92. The summed E-state index contributed by atoms with van der Waals surface area (Å²) in [6.45, 7) is 0. The third-order valence-electron chi connectivity index (χ3n) is 11.2. The molecule has 0 fully saturated rings. The van der Waals surface area contributed by atoms with E-state index < -0.39 is 52.4 Å². The standard InChI is InChI=1S/C54H28F9N/c55-41-15-37(16-42(56)25-41)33-9-31(10-34(13-33)38-17-43(57)26-44(58)18-38)29-5-7-52-49(23-29)50-24-30(6-8-53(50)64(52)54-4-2-1-3-51(54)63)32-11-35(39-19-45(59)27-46(60)20-39)14-36(12-32)40-21-47(61)28-48(62)22-40/h1-28H. The zero-order valence-corrected chi connectivity index (χ0v) is 33.0. The van der Waals surface area contributed by atoms with Crippen LogP contribution < -0.4 is 0 Å². The van der Waals surface area contributed by atoms with Crippen LogP contribution >= 0.6 is 0 Å². The minimum atomic E-state index is -0.819. The molecule has 64 heavy (non-hydrogen) atoms. The lowest BCUT2D eigenvalue weighted by Crippen LogP contribution is -1.97. The Labute approximate surface area is 359 Å². The van der Waals surface area contributed by atoms with E-state index in [0.717, 1.165) is 72.8 Å². The highest BCUT2D eigenvalue weighted by molar-refractivity contribution is 6.12. The van der Waals surface area contributed by atoms with Crippen molar-refractivity contribution in [1.29, 1.82) is 0 Å². The molecule has 0 aliphatic rings. The summed E-state index contributed by atoms with van der Waals surface area (Å²) in [7, 11) is 0. The van der Waals surface area contributed by atoms with Gasteiger partial charge in [0.05, 0.1) is 16.7 Å². The number of hydrogen-bond acceptors (Lipinski definition) is 0. The van der Waals surface area contributed by atoms with Crippen LogP contribution in [0.15, 0.2) is 170 Å². The predicted octanol–water partition coefficient (Wildman–Crippen LogP) is 16.0. The van der Waals surface area contributed by atoms with Crippen LogP contribution in [0.2, 0.25) is 0 Å². The van der Waals surface area contributed by atoms with Gasteiger partial charge in [-0.15, -0.1) is 0 Å². The van der Waals surface area contributed by atoms with Crippen LogP contribution in [0.1, 0.15) is 0 Å². The van der Waals surface area contributed by atoms with Gasteiger partial charge in [-0.2, -0.15) is 0 Å². The number of rotatable bonds is 7. The summed E-state index contributed by atoms with van der Waals surface area (Å²) < 4.78 is 134. The molecule has 9 aromatic carbocycles. The second-order valence-corrected chi connectivity index (χ2v) is 15.5. The van der Waals surface area contributed by atoms with Crippen LogP contribution in [0.3, 0.4) is 0 Å². The second kappa shape index (κ2) is 15.8. The minimum Gasteiger partial charge on any atom is -0.306 e. The number of aromatic nitrogens is 1. The Morgan fingerprint density at radius 1 is 0.234 bits per heavy atom. The highest BCUT2D eigenvalue weighted by Gasteiger charge is 2.19. The molecule has 0 atom stereocenters. The third kappa shape index (κ3) is 7.68. The lowest BCUT2D eigenvalue weighted by Gasteiger charge is -2.13. The van der Waals surface area contributed by atoms with Crippen LogP contribution in [0.4, 0.5) is 39.5 Å². The number of fused-ring (bicyclic) bond motifs is 3. The van der Waals surface area contributed by atoms with Crippen LogP contribution in [0, 0.1) is 52.4 Å². The summed E-state index contributed by atoms with van der Waals surface area (Å²) in [5.41, 5.74) is 5.84. The number of benzene rings is 9. The molecule has 0 bridgehead atoms. The molecule has 312 valence electrons. The molecule has 0 spiro atoms. The SMILES string of the molecule is Fc1cc(F)cc(-c2cc(-c3cc(F)cc(F)c3)cc(-c3ccc4c(c3)c3cc(-c5cc(-c6cc(F)cc(F)c6)cc(-c6cc(F)cc(F)c6)c5)ccc3n4-c3ccccc3F)c2)c1. The Balaban J connectivity index is 1.22.